The van der Waals surface area contributed by atoms with Crippen molar-refractivity contribution in [2.45, 2.75) is 18.9 Å². The number of hydrogen-bond donors (Lipinski definition) is 1. The highest BCUT2D eigenvalue weighted by molar-refractivity contribution is 5.54. The molecule has 2 aliphatic heterocycles. The number of rotatable bonds is 2. The summed E-state index contributed by atoms with van der Waals surface area (Å²) in [5, 5.41) is 3.63. The lowest BCUT2D eigenvalue weighted by Crippen LogP contribution is -2.20. The van der Waals surface area contributed by atoms with E-state index in [2.05, 4.69) is 35.6 Å². The average molecular weight is 267 g/mol. The van der Waals surface area contributed by atoms with Crippen molar-refractivity contribution in [1.29, 1.82) is 0 Å². The molecule has 1 atom stereocenters. The van der Waals surface area contributed by atoms with Gasteiger partial charge in [-0.3, -0.25) is 0 Å². The molecule has 3 heteroatoms. The fourth-order valence-corrected chi connectivity index (χ4v) is 2.97. The summed E-state index contributed by atoms with van der Waals surface area (Å²) in [4.78, 5) is 0. The predicted octanol–water partition coefficient (Wildman–Crippen LogP) is 3.56. The molecule has 0 bridgehead atoms. The van der Waals surface area contributed by atoms with Crippen LogP contribution in [0.4, 0.5) is 5.69 Å². The zero-order chi connectivity index (χ0) is 13.4. The fourth-order valence-electron chi connectivity index (χ4n) is 2.97. The van der Waals surface area contributed by atoms with Gasteiger partial charge in [0.15, 0.2) is 0 Å². The van der Waals surface area contributed by atoms with Crippen LogP contribution in [-0.4, -0.2) is 13.2 Å². The topological polar surface area (TPSA) is 30.5 Å². The molecular formula is C17H17NO2. The van der Waals surface area contributed by atoms with E-state index < -0.39 is 0 Å². The normalized spacial score (nSPS) is 19.5. The first kappa shape index (κ1) is 11.6. The summed E-state index contributed by atoms with van der Waals surface area (Å²) in [6, 6.07) is 15.0. The highest BCUT2D eigenvalue weighted by Crippen LogP contribution is 2.35. The summed E-state index contributed by atoms with van der Waals surface area (Å²) in [5.41, 5.74) is 3.71. The second-order valence-corrected chi connectivity index (χ2v) is 5.29. The third kappa shape index (κ3) is 1.99. The molecule has 1 N–H and O–H groups in total. The van der Waals surface area contributed by atoms with Crippen molar-refractivity contribution >= 4 is 5.69 Å². The largest absolute Gasteiger partial charge is 0.493 e. The third-order valence-corrected chi connectivity index (χ3v) is 3.99. The minimum atomic E-state index is 0.320. The molecule has 0 aliphatic carbocycles. The van der Waals surface area contributed by atoms with Crippen LogP contribution < -0.4 is 14.8 Å². The number of nitrogens with one attached hydrogen (secondary N) is 1. The van der Waals surface area contributed by atoms with Crippen LogP contribution in [-0.2, 0) is 6.42 Å². The summed E-state index contributed by atoms with van der Waals surface area (Å²) < 4.78 is 11.3. The highest BCUT2D eigenvalue weighted by atomic mass is 16.5. The van der Waals surface area contributed by atoms with Crippen molar-refractivity contribution in [3.8, 4) is 11.5 Å². The summed E-state index contributed by atoms with van der Waals surface area (Å²) in [7, 11) is 0. The van der Waals surface area contributed by atoms with Gasteiger partial charge >= 0.3 is 0 Å². The molecule has 2 aromatic rings. The molecule has 0 saturated carbocycles. The Morgan fingerprint density at radius 2 is 1.85 bits per heavy atom. The monoisotopic (exact) mass is 267 g/mol. The molecule has 3 nitrogen and oxygen atoms in total. The number of anilines is 1. The molecule has 0 amide bonds. The van der Waals surface area contributed by atoms with Gasteiger partial charge in [-0.1, -0.05) is 18.2 Å². The summed E-state index contributed by atoms with van der Waals surface area (Å²) >= 11 is 0. The molecule has 0 aromatic heterocycles. The molecule has 0 fully saturated rings. The molecule has 102 valence electrons. The van der Waals surface area contributed by atoms with Crippen molar-refractivity contribution in [2.75, 3.05) is 18.5 Å². The number of benzene rings is 2. The maximum atomic E-state index is 5.71. The van der Waals surface area contributed by atoms with E-state index in [-0.39, 0.29) is 0 Å². The Labute approximate surface area is 118 Å². The van der Waals surface area contributed by atoms with Crippen molar-refractivity contribution < 1.29 is 9.47 Å². The van der Waals surface area contributed by atoms with E-state index in [4.69, 9.17) is 9.47 Å². The first-order valence-corrected chi connectivity index (χ1v) is 7.14. The molecule has 4 rings (SSSR count). The van der Waals surface area contributed by atoms with Gasteiger partial charge < -0.3 is 14.8 Å². The number of hydrogen-bond acceptors (Lipinski definition) is 3. The van der Waals surface area contributed by atoms with Gasteiger partial charge in [-0.2, -0.15) is 0 Å². The molecule has 20 heavy (non-hydrogen) atoms. The lowest BCUT2D eigenvalue weighted by atomic mass is 10.00. The lowest BCUT2D eigenvalue weighted by molar-refractivity contribution is 0.274. The zero-order valence-electron chi connectivity index (χ0n) is 11.3. The summed E-state index contributed by atoms with van der Waals surface area (Å²) in [6.45, 7) is 1.57. The second-order valence-electron chi connectivity index (χ2n) is 5.29. The Hall–Kier alpha value is -2.16. The van der Waals surface area contributed by atoms with Crippen molar-refractivity contribution in [3.05, 3.63) is 53.6 Å². The molecular weight excluding hydrogens is 250 g/mol. The maximum absolute atomic E-state index is 5.71. The van der Waals surface area contributed by atoms with Gasteiger partial charge in [0.25, 0.3) is 0 Å². The minimum absolute atomic E-state index is 0.320. The van der Waals surface area contributed by atoms with Crippen LogP contribution in [0.5, 0.6) is 11.5 Å². The first-order valence-electron chi connectivity index (χ1n) is 7.14. The zero-order valence-corrected chi connectivity index (χ0v) is 11.3. The quantitative estimate of drug-likeness (QED) is 0.902. The average Bonchev–Trinajstić information content (AvgIpc) is 2.95. The summed E-state index contributed by atoms with van der Waals surface area (Å²) in [6.07, 6.45) is 2.00. The predicted molar refractivity (Wildman–Crippen MR) is 78.6 cm³/mol. The molecule has 0 radical (unpaired) electrons. The first-order chi connectivity index (χ1) is 9.90. The van der Waals surface area contributed by atoms with Gasteiger partial charge in [0.1, 0.15) is 11.5 Å². The van der Waals surface area contributed by atoms with Crippen molar-refractivity contribution in [1.82, 2.24) is 0 Å². The lowest BCUT2D eigenvalue weighted by Gasteiger charge is -2.27. The highest BCUT2D eigenvalue weighted by Gasteiger charge is 2.21. The van der Waals surface area contributed by atoms with Crippen LogP contribution in [0.2, 0.25) is 0 Å². The smallest absolute Gasteiger partial charge is 0.124 e. The van der Waals surface area contributed by atoms with Crippen LogP contribution in [0.3, 0.4) is 0 Å². The van der Waals surface area contributed by atoms with Crippen molar-refractivity contribution in [2.24, 2.45) is 0 Å². The van der Waals surface area contributed by atoms with E-state index in [0.717, 1.165) is 43.2 Å². The van der Waals surface area contributed by atoms with Crippen LogP contribution in [0.25, 0.3) is 0 Å². The minimum Gasteiger partial charge on any atom is -0.493 e. The van der Waals surface area contributed by atoms with E-state index in [9.17, 15) is 0 Å². The van der Waals surface area contributed by atoms with E-state index in [0.29, 0.717) is 6.04 Å². The van der Waals surface area contributed by atoms with Crippen LogP contribution in [0.15, 0.2) is 42.5 Å². The van der Waals surface area contributed by atoms with Crippen LogP contribution in [0, 0.1) is 0 Å². The van der Waals surface area contributed by atoms with Crippen molar-refractivity contribution in [3.63, 3.8) is 0 Å². The van der Waals surface area contributed by atoms with E-state index in [1.54, 1.807) is 0 Å². The van der Waals surface area contributed by atoms with Gasteiger partial charge in [0, 0.05) is 24.1 Å². The number of fused-ring (bicyclic) bond motifs is 2. The Balaban J connectivity index is 1.61. The molecule has 2 heterocycles. The fraction of sp³-hybridized carbons (Fsp3) is 0.294. The van der Waals surface area contributed by atoms with E-state index >= 15 is 0 Å². The van der Waals surface area contributed by atoms with Gasteiger partial charge in [0.2, 0.25) is 0 Å². The Bertz CT molecular complexity index is 639. The van der Waals surface area contributed by atoms with Gasteiger partial charge in [-0.05, 0) is 29.8 Å². The number of para-hydroxylation sites is 1. The second kappa shape index (κ2) is 4.75. The SMILES string of the molecule is c1ccc2c(c1)OCCC2Nc1ccc2c(c1)CCO2. The van der Waals surface area contributed by atoms with E-state index in [1.807, 2.05) is 12.1 Å². The van der Waals surface area contributed by atoms with Crippen LogP contribution in [0.1, 0.15) is 23.6 Å². The molecule has 2 aliphatic rings. The third-order valence-electron chi connectivity index (χ3n) is 3.99. The number of ether oxygens (including phenoxy) is 2. The van der Waals surface area contributed by atoms with Gasteiger partial charge in [-0.25, -0.2) is 0 Å². The Morgan fingerprint density at radius 1 is 0.950 bits per heavy atom. The molecule has 0 saturated heterocycles. The van der Waals surface area contributed by atoms with Gasteiger partial charge in [0.05, 0.1) is 19.3 Å². The standard InChI is InChI=1S/C17H17NO2/c1-2-4-17-14(3-1)15(8-10-20-17)18-13-5-6-16-12(11-13)7-9-19-16/h1-6,11,15,18H,7-10H2. The van der Waals surface area contributed by atoms with Crippen LogP contribution >= 0.6 is 0 Å². The molecule has 0 spiro atoms. The van der Waals surface area contributed by atoms with Gasteiger partial charge in [-0.15, -0.1) is 0 Å². The summed E-state index contributed by atoms with van der Waals surface area (Å²) in [5.74, 6) is 2.03. The van der Waals surface area contributed by atoms with E-state index in [1.165, 1.54) is 11.1 Å². The Morgan fingerprint density at radius 3 is 2.85 bits per heavy atom. The molecule has 1 unspecified atom stereocenters. The molecule has 2 aromatic carbocycles. The maximum Gasteiger partial charge on any atom is 0.124 e. The Kier molecular flexibility index (Phi) is 2.76.